The zero-order chi connectivity index (χ0) is 11.2. The molecule has 0 spiro atoms. The van der Waals surface area contributed by atoms with Gasteiger partial charge in [0.25, 0.3) is 0 Å². The van der Waals surface area contributed by atoms with Gasteiger partial charge < -0.3 is 10.1 Å². The number of thiophene rings is 1. The van der Waals surface area contributed by atoms with Crippen LogP contribution in [0.4, 0.5) is 0 Å². The number of nitrogens with zero attached hydrogens (tertiary/aromatic N) is 1. The molecule has 0 aromatic carbocycles. The Balaban J connectivity index is 1.66. The average Bonchev–Trinajstić information content (AvgIpc) is 2.84. The van der Waals surface area contributed by atoms with Gasteiger partial charge in [-0.3, -0.25) is 4.90 Å². The normalized spacial score (nSPS) is 17.2. The molecular weight excluding hydrogens is 224 g/mol. The van der Waals surface area contributed by atoms with E-state index in [9.17, 15) is 4.79 Å². The quantitative estimate of drug-likeness (QED) is 0.791. The van der Waals surface area contributed by atoms with Crippen molar-refractivity contribution in [2.75, 3.05) is 39.3 Å². The third-order valence-corrected chi connectivity index (χ3v) is 3.42. The van der Waals surface area contributed by atoms with Crippen molar-refractivity contribution in [1.29, 1.82) is 0 Å². The van der Waals surface area contributed by atoms with Crippen molar-refractivity contribution < 1.29 is 9.53 Å². The van der Waals surface area contributed by atoms with Gasteiger partial charge in [0.1, 0.15) is 11.5 Å². The van der Waals surface area contributed by atoms with Crippen molar-refractivity contribution in [3.63, 3.8) is 0 Å². The minimum Gasteiger partial charge on any atom is -0.460 e. The highest BCUT2D eigenvalue weighted by Crippen LogP contribution is 2.09. The maximum Gasteiger partial charge on any atom is 0.348 e. The van der Waals surface area contributed by atoms with Crippen LogP contribution in [0.3, 0.4) is 0 Å². The Bertz CT molecular complexity index is 321. The average molecular weight is 240 g/mol. The van der Waals surface area contributed by atoms with E-state index >= 15 is 0 Å². The standard InChI is InChI=1S/C11H16N2O2S/c14-11(10-2-1-9-16-10)15-8-7-13-5-3-12-4-6-13/h1-2,9,12H,3-8H2. The van der Waals surface area contributed by atoms with Crippen molar-refractivity contribution in [2.45, 2.75) is 0 Å². The zero-order valence-electron chi connectivity index (χ0n) is 9.15. The molecule has 1 saturated heterocycles. The molecule has 1 N–H and O–H groups in total. The molecule has 0 bridgehead atoms. The van der Waals surface area contributed by atoms with E-state index < -0.39 is 0 Å². The molecule has 2 heterocycles. The Morgan fingerprint density at radius 3 is 3.00 bits per heavy atom. The summed E-state index contributed by atoms with van der Waals surface area (Å²) in [7, 11) is 0. The Morgan fingerprint density at radius 2 is 2.31 bits per heavy atom. The molecule has 88 valence electrons. The van der Waals surface area contributed by atoms with Crippen LogP contribution < -0.4 is 5.32 Å². The predicted molar refractivity (Wildman–Crippen MR) is 63.9 cm³/mol. The summed E-state index contributed by atoms with van der Waals surface area (Å²) in [4.78, 5) is 14.5. The summed E-state index contributed by atoms with van der Waals surface area (Å²) in [6.07, 6.45) is 0. The van der Waals surface area contributed by atoms with Gasteiger partial charge in [-0.1, -0.05) is 6.07 Å². The van der Waals surface area contributed by atoms with E-state index in [-0.39, 0.29) is 5.97 Å². The Kier molecular flexibility index (Phi) is 4.33. The zero-order valence-corrected chi connectivity index (χ0v) is 9.96. The van der Waals surface area contributed by atoms with E-state index in [1.54, 1.807) is 6.07 Å². The molecule has 4 nitrogen and oxygen atoms in total. The lowest BCUT2D eigenvalue weighted by atomic mass is 10.3. The minimum absolute atomic E-state index is 0.204. The number of hydrogen-bond acceptors (Lipinski definition) is 5. The second kappa shape index (κ2) is 5.98. The van der Waals surface area contributed by atoms with Gasteiger partial charge in [-0.25, -0.2) is 4.79 Å². The molecule has 0 aliphatic carbocycles. The topological polar surface area (TPSA) is 41.6 Å². The highest BCUT2D eigenvalue weighted by molar-refractivity contribution is 7.11. The molecule has 0 atom stereocenters. The van der Waals surface area contributed by atoms with Gasteiger partial charge in [0.05, 0.1) is 0 Å². The largest absolute Gasteiger partial charge is 0.460 e. The van der Waals surface area contributed by atoms with E-state index in [4.69, 9.17) is 4.74 Å². The molecule has 5 heteroatoms. The third-order valence-electron chi connectivity index (χ3n) is 2.57. The smallest absolute Gasteiger partial charge is 0.348 e. The van der Waals surface area contributed by atoms with E-state index in [2.05, 4.69) is 10.2 Å². The summed E-state index contributed by atoms with van der Waals surface area (Å²) in [5, 5.41) is 5.17. The first-order valence-electron chi connectivity index (χ1n) is 5.50. The summed E-state index contributed by atoms with van der Waals surface area (Å²) >= 11 is 1.42. The first-order chi connectivity index (χ1) is 7.86. The van der Waals surface area contributed by atoms with Crippen molar-refractivity contribution in [3.8, 4) is 0 Å². The SMILES string of the molecule is O=C(OCCN1CCNCC1)c1cccs1. The van der Waals surface area contributed by atoms with Crippen LogP contribution in [0.15, 0.2) is 17.5 Å². The Morgan fingerprint density at radius 1 is 1.50 bits per heavy atom. The van der Waals surface area contributed by atoms with Crippen LogP contribution in [0.2, 0.25) is 0 Å². The van der Waals surface area contributed by atoms with Crippen LogP contribution in [-0.2, 0) is 4.74 Å². The number of nitrogens with one attached hydrogen (secondary N) is 1. The van der Waals surface area contributed by atoms with E-state index in [0.717, 1.165) is 32.7 Å². The molecule has 0 unspecified atom stereocenters. The van der Waals surface area contributed by atoms with E-state index in [1.807, 2.05) is 11.4 Å². The van der Waals surface area contributed by atoms with Crippen LogP contribution in [0.25, 0.3) is 0 Å². The van der Waals surface area contributed by atoms with Gasteiger partial charge in [0.2, 0.25) is 0 Å². The molecule has 0 radical (unpaired) electrons. The second-order valence-corrected chi connectivity index (χ2v) is 4.65. The van der Waals surface area contributed by atoms with Crippen molar-refractivity contribution in [2.24, 2.45) is 0 Å². The first-order valence-corrected chi connectivity index (χ1v) is 6.38. The van der Waals surface area contributed by atoms with Crippen LogP contribution in [0.5, 0.6) is 0 Å². The molecule has 2 rings (SSSR count). The fraction of sp³-hybridized carbons (Fsp3) is 0.545. The van der Waals surface area contributed by atoms with Crippen LogP contribution >= 0.6 is 11.3 Å². The number of carbonyl (C=O) groups is 1. The highest BCUT2D eigenvalue weighted by Gasteiger charge is 2.11. The predicted octanol–water partition coefficient (Wildman–Crippen LogP) is 0.810. The number of rotatable bonds is 4. The molecule has 1 aliphatic heterocycles. The summed E-state index contributed by atoms with van der Waals surface area (Å²) in [6, 6.07) is 3.65. The maximum atomic E-state index is 11.5. The number of hydrogen-bond donors (Lipinski definition) is 1. The van der Waals surface area contributed by atoms with Gasteiger partial charge in [0.15, 0.2) is 0 Å². The molecule has 0 saturated carbocycles. The maximum absolute atomic E-state index is 11.5. The Labute approximate surface area is 99.2 Å². The summed E-state index contributed by atoms with van der Waals surface area (Å²) in [5.74, 6) is -0.204. The fourth-order valence-corrected chi connectivity index (χ4v) is 2.28. The summed E-state index contributed by atoms with van der Waals surface area (Å²) in [5.41, 5.74) is 0. The van der Waals surface area contributed by atoms with Crippen LogP contribution in [0.1, 0.15) is 9.67 Å². The van der Waals surface area contributed by atoms with Crippen LogP contribution in [0, 0.1) is 0 Å². The third kappa shape index (κ3) is 3.30. The van der Waals surface area contributed by atoms with Gasteiger partial charge >= 0.3 is 5.97 Å². The molecule has 16 heavy (non-hydrogen) atoms. The first kappa shape index (κ1) is 11.6. The van der Waals surface area contributed by atoms with Gasteiger partial charge in [0, 0.05) is 32.7 Å². The number of piperazine rings is 1. The molecule has 1 aromatic rings. The molecule has 0 amide bonds. The van der Waals surface area contributed by atoms with Gasteiger partial charge in [-0.15, -0.1) is 11.3 Å². The van der Waals surface area contributed by atoms with E-state index in [0.29, 0.717) is 11.5 Å². The second-order valence-electron chi connectivity index (χ2n) is 3.70. The van der Waals surface area contributed by atoms with Crippen molar-refractivity contribution >= 4 is 17.3 Å². The Hall–Kier alpha value is -0.910. The lowest BCUT2D eigenvalue weighted by Gasteiger charge is -2.26. The minimum atomic E-state index is -0.204. The highest BCUT2D eigenvalue weighted by atomic mass is 32.1. The monoisotopic (exact) mass is 240 g/mol. The summed E-state index contributed by atoms with van der Waals surface area (Å²) < 4.78 is 5.20. The van der Waals surface area contributed by atoms with Gasteiger partial charge in [-0.05, 0) is 11.4 Å². The van der Waals surface area contributed by atoms with E-state index in [1.165, 1.54) is 11.3 Å². The molecular formula is C11H16N2O2S. The number of esters is 1. The number of ether oxygens (including phenoxy) is 1. The summed E-state index contributed by atoms with van der Waals surface area (Å²) in [6.45, 7) is 5.44. The lowest BCUT2D eigenvalue weighted by Crippen LogP contribution is -2.44. The van der Waals surface area contributed by atoms with Crippen molar-refractivity contribution in [1.82, 2.24) is 10.2 Å². The molecule has 1 aliphatic rings. The number of carbonyl (C=O) groups excluding carboxylic acids is 1. The van der Waals surface area contributed by atoms with Crippen molar-refractivity contribution in [3.05, 3.63) is 22.4 Å². The molecule has 1 fully saturated rings. The fourth-order valence-electron chi connectivity index (χ4n) is 1.67. The molecule has 1 aromatic heterocycles. The lowest BCUT2D eigenvalue weighted by molar-refractivity contribution is 0.0461. The van der Waals surface area contributed by atoms with Gasteiger partial charge in [-0.2, -0.15) is 0 Å². The van der Waals surface area contributed by atoms with Crippen LogP contribution in [-0.4, -0.2) is 50.2 Å².